The van der Waals surface area contributed by atoms with Gasteiger partial charge in [-0.05, 0) is 38.1 Å². The maximum atomic E-state index is 11.9. The molecule has 1 aromatic carbocycles. The fourth-order valence-electron chi connectivity index (χ4n) is 1.63. The van der Waals surface area contributed by atoms with Crippen molar-refractivity contribution in [1.29, 1.82) is 0 Å². The first-order chi connectivity index (χ1) is 7.58. The van der Waals surface area contributed by atoms with Gasteiger partial charge in [-0.1, -0.05) is 23.2 Å². The van der Waals surface area contributed by atoms with E-state index in [1.165, 1.54) is 12.8 Å². The molecule has 0 unspecified atom stereocenters. The third kappa shape index (κ3) is 2.76. The van der Waals surface area contributed by atoms with Crippen LogP contribution in [-0.4, -0.2) is 30.3 Å². The molecule has 0 saturated heterocycles. The van der Waals surface area contributed by atoms with Gasteiger partial charge in [0.15, 0.2) is 5.78 Å². The number of hydrogen-bond donors (Lipinski definition) is 0. The molecule has 0 spiro atoms. The van der Waals surface area contributed by atoms with Crippen molar-refractivity contribution in [3.63, 3.8) is 0 Å². The number of benzene rings is 1. The van der Waals surface area contributed by atoms with Crippen molar-refractivity contribution in [1.82, 2.24) is 4.90 Å². The van der Waals surface area contributed by atoms with Crippen molar-refractivity contribution in [2.45, 2.75) is 18.9 Å². The highest BCUT2D eigenvalue weighted by Gasteiger charge is 2.27. The van der Waals surface area contributed by atoms with E-state index in [0.717, 1.165) is 0 Å². The van der Waals surface area contributed by atoms with E-state index < -0.39 is 0 Å². The first-order valence-corrected chi connectivity index (χ1v) is 6.02. The Balaban J connectivity index is 2.05. The van der Waals surface area contributed by atoms with Gasteiger partial charge >= 0.3 is 0 Å². The molecule has 0 radical (unpaired) electrons. The molecule has 1 aromatic rings. The SMILES string of the molecule is CN(CC(=O)c1ccc(Cl)c(Cl)c1)C1CC1. The van der Waals surface area contributed by atoms with E-state index in [2.05, 4.69) is 4.90 Å². The van der Waals surface area contributed by atoms with Crippen molar-refractivity contribution in [2.24, 2.45) is 0 Å². The molecule has 0 aromatic heterocycles. The molecule has 1 aliphatic rings. The molecule has 2 nitrogen and oxygen atoms in total. The van der Waals surface area contributed by atoms with Crippen molar-refractivity contribution >= 4 is 29.0 Å². The fraction of sp³-hybridized carbons (Fsp3) is 0.417. The molecule has 86 valence electrons. The Morgan fingerprint density at radius 1 is 1.38 bits per heavy atom. The lowest BCUT2D eigenvalue weighted by Gasteiger charge is -2.14. The lowest BCUT2D eigenvalue weighted by Crippen LogP contribution is -2.27. The third-order valence-corrected chi connectivity index (χ3v) is 3.54. The van der Waals surface area contributed by atoms with Gasteiger partial charge in [-0.2, -0.15) is 0 Å². The van der Waals surface area contributed by atoms with E-state index in [-0.39, 0.29) is 5.78 Å². The van der Waals surface area contributed by atoms with Crippen LogP contribution in [0, 0.1) is 0 Å². The van der Waals surface area contributed by atoms with E-state index in [0.29, 0.717) is 28.2 Å². The highest BCUT2D eigenvalue weighted by atomic mass is 35.5. The van der Waals surface area contributed by atoms with Crippen LogP contribution in [0.2, 0.25) is 10.0 Å². The number of carbonyl (C=O) groups excluding carboxylic acids is 1. The van der Waals surface area contributed by atoms with E-state index in [1.54, 1.807) is 18.2 Å². The van der Waals surface area contributed by atoms with E-state index >= 15 is 0 Å². The van der Waals surface area contributed by atoms with Crippen LogP contribution >= 0.6 is 23.2 Å². The Bertz CT molecular complexity index is 415. The maximum Gasteiger partial charge on any atom is 0.176 e. The zero-order valence-electron chi connectivity index (χ0n) is 9.04. The summed E-state index contributed by atoms with van der Waals surface area (Å²) in [6.07, 6.45) is 2.40. The number of rotatable bonds is 4. The topological polar surface area (TPSA) is 20.3 Å². The minimum Gasteiger partial charge on any atom is -0.296 e. The summed E-state index contributed by atoms with van der Waals surface area (Å²) in [7, 11) is 1.98. The summed E-state index contributed by atoms with van der Waals surface area (Å²) in [6, 6.07) is 5.60. The van der Waals surface area contributed by atoms with Crippen LogP contribution in [-0.2, 0) is 0 Å². The third-order valence-electron chi connectivity index (χ3n) is 2.80. The van der Waals surface area contributed by atoms with Gasteiger partial charge in [0.2, 0.25) is 0 Å². The van der Waals surface area contributed by atoms with Gasteiger partial charge in [0, 0.05) is 11.6 Å². The number of ketones is 1. The van der Waals surface area contributed by atoms with Crippen molar-refractivity contribution in [2.75, 3.05) is 13.6 Å². The lowest BCUT2D eigenvalue weighted by molar-refractivity contribution is 0.0942. The maximum absolute atomic E-state index is 11.9. The lowest BCUT2D eigenvalue weighted by atomic mass is 10.1. The monoisotopic (exact) mass is 257 g/mol. The summed E-state index contributed by atoms with van der Waals surface area (Å²) in [5.41, 5.74) is 0.627. The second-order valence-corrected chi connectivity index (χ2v) is 5.01. The molecule has 0 aliphatic heterocycles. The molecule has 4 heteroatoms. The summed E-state index contributed by atoms with van der Waals surface area (Å²) in [4.78, 5) is 14.0. The Morgan fingerprint density at radius 3 is 2.62 bits per heavy atom. The average Bonchev–Trinajstić information content (AvgIpc) is 3.05. The minimum absolute atomic E-state index is 0.0907. The smallest absolute Gasteiger partial charge is 0.176 e. The van der Waals surface area contributed by atoms with E-state index in [9.17, 15) is 4.79 Å². The average molecular weight is 258 g/mol. The van der Waals surface area contributed by atoms with Crippen LogP contribution in [0.3, 0.4) is 0 Å². The molecular weight excluding hydrogens is 245 g/mol. The Morgan fingerprint density at radius 2 is 2.06 bits per heavy atom. The molecule has 1 aliphatic carbocycles. The molecule has 0 heterocycles. The Labute approximate surface area is 105 Å². The second kappa shape index (κ2) is 4.74. The van der Waals surface area contributed by atoms with Gasteiger partial charge in [0.1, 0.15) is 0 Å². The summed E-state index contributed by atoms with van der Waals surface area (Å²) in [5.74, 6) is 0.0907. The fourth-order valence-corrected chi connectivity index (χ4v) is 1.93. The number of hydrogen-bond acceptors (Lipinski definition) is 2. The zero-order valence-corrected chi connectivity index (χ0v) is 10.6. The van der Waals surface area contributed by atoms with Crippen molar-refractivity contribution in [3.8, 4) is 0 Å². The Hall–Kier alpha value is -0.570. The molecule has 0 bridgehead atoms. The second-order valence-electron chi connectivity index (χ2n) is 4.20. The molecule has 0 N–H and O–H groups in total. The van der Waals surface area contributed by atoms with Crippen LogP contribution in [0.25, 0.3) is 0 Å². The molecule has 0 amide bonds. The van der Waals surface area contributed by atoms with Gasteiger partial charge in [0.05, 0.1) is 16.6 Å². The molecule has 1 fully saturated rings. The number of carbonyl (C=O) groups is 1. The minimum atomic E-state index is 0.0907. The predicted molar refractivity (Wildman–Crippen MR) is 66.4 cm³/mol. The highest BCUT2D eigenvalue weighted by Crippen LogP contribution is 2.26. The number of halogens is 2. The van der Waals surface area contributed by atoms with Gasteiger partial charge in [0.25, 0.3) is 0 Å². The van der Waals surface area contributed by atoms with E-state index in [1.807, 2.05) is 7.05 Å². The van der Waals surface area contributed by atoms with Gasteiger partial charge in [-0.15, -0.1) is 0 Å². The predicted octanol–water partition coefficient (Wildman–Crippen LogP) is 3.27. The molecular formula is C12H13Cl2NO. The van der Waals surface area contributed by atoms with Gasteiger partial charge in [-0.3, -0.25) is 9.69 Å². The first kappa shape index (κ1) is 11.9. The summed E-state index contributed by atoms with van der Waals surface area (Å²) in [6.45, 7) is 0.447. The van der Waals surface area contributed by atoms with Crippen molar-refractivity contribution in [3.05, 3.63) is 33.8 Å². The molecule has 1 saturated carbocycles. The summed E-state index contributed by atoms with van der Waals surface area (Å²) >= 11 is 11.7. The van der Waals surface area contributed by atoms with Crippen molar-refractivity contribution < 1.29 is 4.79 Å². The standard InChI is InChI=1S/C12H13Cl2NO/c1-15(9-3-4-9)7-12(16)8-2-5-10(13)11(14)6-8/h2,5-6,9H,3-4,7H2,1H3. The summed E-state index contributed by atoms with van der Waals surface area (Å²) < 4.78 is 0. The quantitative estimate of drug-likeness (QED) is 0.772. The van der Waals surface area contributed by atoms with Crippen LogP contribution in [0.5, 0.6) is 0 Å². The van der Waals surface area contributed by atoms with E-state index in [4.69, 9.17) is 23.2 Å². The van der Waals surface area contributed by atoms with Gasteiger partial charge in [-0.25, -0.2) is 0 Å². The molecule has 2 rings (SSSR count). The molecule has 0 atom stereocenters. The summed E-state index contributed by atoms with van der Waals surface area (Å²) in [5, 5.41) is 0.912. The largest absolute Gasteiger partial charge is 0.296 e. The van der Waals surface area contributed by atoms with Crippen LogP contribution in [0.4, 0.5) is 0 Å². The van der Waals surface area contributed by atoms with Gasteiger partial charge < -0.3 is 0 Å². The van der Waals surface area contributed by atoms with Crippen LogP contribution in [0.1, 0.15) is 23.2 Å². The number of likely N-dealkylation sites (N-methyl/N-ethyl adjacent to an activating group) is 1. The van der Waals surface area contributed by atoms with Crippen LogP contribution < -0.4 is 0 Å². The zero-order chi connectivity index (χ0) is 11.7. The number of nitrogens with zero attached hydrogens (tertiary/aromatic N) is 1. The Kier molecular flexibility index (Phi) is 3.53. The number of Topliss-reactive ketones (excluding diaryl/α,β-unsaturated/α-hetero) is 1. The molecule has 16 heavy (non-hydrogen) atoms. The highest BCUT2D eigenvalue weighted by molar-refractivity contribution is 6.42. The van der Waals surface area contributed by atoms with Crippen LogP contribution in [0.15, 0.2) is 18.2 Å². The first-order valence-electron chi connectivity index (χ1n) is 5.26. The normalized spacial score (nSPS) is 15.5.